The third-order valence-corrected chi connectivity index (χ3v) is 5.29. The summed E-state index contributed by atoms with van der Waals surface area (Å²) in [6, 6.07) is 11.1. The number of fused-ring (bicyclic) bond motifs is 1. The fourth-order valence-electron chi connectivity index (χ4n) is 3.79. The maximum absolute atomic E-state index is 12.9. The summed E-state index contributed by atoms with van der Waals surface area (Å²) in [5.41, 5.74) is 2.45. The summed E-state index contributed by atoms with van der Waals surface area (Å²) in [6.45, 7) is 1.29. The molecule has 9 heteroatoms. The molecular formula is C22H21N5O4. The van der Waals surface area contributed by atoms with Gasteiger partial charge in [-0.1, -0.05) is 6.07 Å². The molecule has 4 heterocycles. The lowest BCUT2D eigenvalue weighted by Crippen LogP contribution is -2.46. The molecule has 0 spiro atoms. The van der Waals surface area contributed by atoms with E-state index in [1.165, 1.54) is 5.01 Å². The molecule has 2 aromatic heterocycles. The predicted molar refractivity (Wildman–Crippen MR) is 110 cm³/mol. The predicted octanol–water partition coefficient (Wildman–Crippen LogP) is 1.89. The van der Waals surface area contributed by atoms with Crippen LogP contribution in [0.4, 0.5) is 0 Å². The third kappa shape index (κ3) is 3.94. The lowest BCUT2D eigenvalue weighted by molar-refractivity contribution is -0.158. The average Bonchev–Trinajstić information content (AvgIpc) is 3.54. The summed E-state index contributed by atoms with van der Waals surface area (Å²) in [5.74, 6) is 1.03. The summed E-state index contributed by atoms with van der Waals surface area (Å²) >= 11 is 0. The van der Waals surface area contributed by atoms with Gasteiger partial charge in [-0.2, -0.15) is 5.10 Å². The smallest absolute Gasteiger partial charge is 0.262 e. The summed E-state index contributed by atoms with van der Waals surface area (Å²) in [7, 11) is 0. The first-order valence-electron chi connectivity index (χ1n) is 10.1. The number of nitrogens with zero attached hydrogens (tertiary/aromatic N) is 5. The second kappa shape index (κ2) is 8.10. The quantitative estimate of drug-likeness (QED) is 0.628. The number of ether oxygens (including phenoxy) is 2. The van der Waals surface area contributed by atoms with E-state index >= 15 is 0 Å². The molecule has 0 atom stereocenters. The van der Waals surface area contributed by atoms with Crippen LogP contribution in [0.25, 0.3) is 11.3 Å². The van der Waals surface area contributed by atoms with Gasteiger partial charge in [-0.3, -0.25) is 24.3 Å². The molecule has 0 unspecified atom stereocenters. The van der Waals surface area contributed by atoms with Crippen molar-refractivity contribution in [2.24, 2.45) is 0 Å². The van der Waals surface area contributed by atoms with Crippen LogP contribution in [-0.2, 0) is 22.6 Å². The van der Waals surface area contributed by atoms with Crippen molar-refractivity contribution >= 4 is 11.8 Å². The minimum Gasteiger partial charge on any atom is -0.454 e. The monoisotopic (exact) mass is 419 g/mol. The maximum Gasteiger partial charge on any atom is 0.262 e. The Balaban J connectivity index is 1.24. The zero-order chi connectivity index (χ0) is 21.2. The molecule has 31 heavy (non-hydrogen) atoms. The lowest BCUT2D eigenvalue weighted by Gasteiger charge is -2.28. The third-order valence-electron chi connectivity index (χ3n) is 5.29. The SMILES string of the molecule is O=C(Cc1ccc2c(c1)OCO2)N1CCCN1C(=O)Cn1ccc(-c2cccnc2)n1. The maximum atomic E-state index is 12.9. The summed E-state index contributed by atoms with van der Waals surface area (Å²) < 4.78 is 12.3. The average molecular weight is 419 g/mol. The Morgan fingerprint density at radius 3 is 2.68 bits per heavy atom. The molecule has 2 aliphatic heterocycles. The van der Waals surface area contributed by atoms with Crippen LogP contribution < -0.4 is 9.47 Å². The lowest BCUT2D eigenvalue weighted by atomic mass is 10.1. The van der Waals surface area contributed by atoms with Gasteiger partial charge in [0.15, 0.2) is 11.5 Å². The van der Waals surface area contributed by atoms with Crippen LogP contribution >= 0.6 is 0 Å². The van der Waals surface area contributed by atoms with Gasteiger partial charge >= 0.3 is 0 Å². The van der Waals surface area contributed by atoms with Crippen LogP contribution in [-0.4, -0.2) is 56.5 Å². The summed E-state index contributed by atoms with van der Waals surface area (Å²) in [5, 5.41) is 7.53. The normalized spacial score (nSPS) is 14.8. The molecule has 3 aromatic rings. The van der Waals surface area contributed by atoms with Crippen molar-refractivity contribution in [1.82, 2.24) is 24.8 Å². The number of aromatic nitrogens is 3. The van der Waals surface area contributed by atoms with Gasteiger partial charge < -0.3 is 9.47 Å². The van der Waals surface area contributed by atoms with Crippen LogP contribution in [0.5, 0.6) is 11.5 Å². The van der Waals surface area contributed by atoms with Gasteiger partial charge in [0.2, 0.25) is 12.7 Å². The zero-order valence-electron chi connectivity index (χ0n) is 16.8. The number of hydrogen-bond acceptors (Lipinski definition) is 6. The fourth-order valence-corrected chi connectivity index (χ4v) is 3.79. The molecule has 1 saturated heterocycles. The van der Waals surface area contributed by atoms with E-state index in [4.69, 9.17) is 9.47 Å². The van der Waals surface area contributed by atoms with Crippen molar-refractivity contribution in [3.8, 4) is 22.8 Å². The Kier molecular flexibility index (Phi) is 4.99. The molecule has 9 nitrogen and oxygen atoms in total. The van der Waals surface area contributed by atoms with Crippen LogP contribution in [0.15, 0.2) is 55.0 Å². The number of hydrazine groups is 1. The number of rotatable bonds is 5. The molecule has 0 bridgehead atoms. The van der Waals surface area contributed by atoms with Gasteiger partial charge in [-0.25, -0.2) is 5.01 Å². The highest BCUT2D eigenvalue weighted by Crippen LogP contribution is 2.32. The van der Waals surface area contributed by atoms with Crippen LogP contribution in [0.3, 0.4) is 0 Å². The van der Waals surface area contributed by atoms with E-state index in [-0.39, 0.29) is 31.6 Å². The number of hydrogen-bond donors (Lipinski definition) is 0. The highest BCUT2D eigenvalue weighted by molar-refractivity contribution is 5.84. The number of carbonyl (C=O) groups excluding carboxylic acids is 2. The van der Waals surface area contributed by atoms with E-state index in [1.54, 1.807) is 34.3 Å². The first-order valence-corrected chi connectivity index (χ1v) is 10.1. The molecule has 1 aromatic carbocycles. The standard InChI is InChI=1S/C22H21N5O4/c28-21(12-16-4-5-19-20(11-16)31-15-30-19)26-8-2-9-27(26)22(29)14-25-10-6-18(24-25)17-3-1-7-23-13-17/h1,3-7,10-11,13H,2,8-9,12,14-15H2. The molecular weight excluding hydrogens is 398 g/mol. The molecule has 2 aliphatic rings. The summed E-state index contributed by atoms with van der Waals surface area (Å²) in [6.07, 6.45) is 6.12. The largest absolute Gasteiger partial charge is 0.454 e. The molecule has 5 rings (SSSR count). The Bertz CT molecular complexity index is 1110. The van der Waals surface area contributed by atoms with Crippen molar-refractivity contribution in [2.75, 3.05) is 19.9 Å². The Hall–Kier alpha value is -3.88. The Morgan fingerprint density at radius 1 is 1.00 bits per heavy atom. The summed E-state index contributed by atoms with van der Waals surface area (Å²) in [4.78, 5) is 29.9. The van der Waals surface area contributed by atoms with Crippen molar-refractivity contribution in [3.63, 3.8) is 0 Å². The molecule has 0 saturated carbocycles. The molecule has 1 fully saturated rings. The molecule has 0 aliphatic carbocycles. The Morgan fingerprint density at radius 2 is 1.84 bits per heavy atom. The van der Waals surface area contributed by atoms with Crippen molar-refractivity contribution in [2.45, 2.75) is 19.4 Å². The fraction of sp³-hybridized carbons (Fsp3) is 0.273. The molecule has 0 radical (unpaired) electrons. The second-order valence-electron chi connectivity index (χ2n) is 7.39. The highest BCUT2D eigenvalue weighted by atomic mass is 16.7. The van der Waals surface area contributed by atoms with E-state index in [0.717, 1.165) is 23.2 Å². The van der Waals surface area contributed by atoms with E-state index < -0.39 is 0 Å². The van der Waals surface area contributed by atoms with E-state index in [9.17, 15) is 9.59 Å². The van der Waals surface area contributed by atoms with Gasteiger partial charge in [-0.15, -0.1) is 0 Å². The highest BCUT2D eigenvalue weighted by Gasteiger charge is 2.31. The number of pyridine rings is 1. The number of carbonyl (C=O) groups is 2. The van der Waals surface area contributed by atoms with E-state index in [1.807, 2.05) is 30.3 Å². The van der Waals surface area contributed by atoms with Gasteiger partial charge in [0.1, 0.15) is 6.54 Å². The molecule has 2 amide bonds. The van der Waals surface area contributed by atoms with Crippen molar-refractivity contribution in [3.05, 3.63) is 60.6 Å². The van der Waals surface area contributed by atoms with Gasteiger partial charge in [-0.05, 0) is 42.3 Å². The number of benzene rings is 1. The Labute approximate surface area is 178 Å². The number of amides is 2. The first kappa shape index (κ1) is 19.1. The van der Waals surface area contributed by atoms with Crippen LogP contribution in [0.2, 0.25) is 0 Å². The van der Waals surface area contributed by atoms with Crippen LogP contribution in [0.1, 0.15) is 12.0 Å². The van der Waals surface area contributed by atoms with E-state index in [0.29, 0.717) is 24.6 Å². The van der Waals surface area contributed by atoms with Crippen LogP contribution in [0, 0.1) is 0 Å². The van der Waals surface area contributed by atoms with Gasteiger partial charge in [0.05, 0.1) is 12.1 Å². The topological polar surface area (TPSA) is 89.8 Å². The zero-order valence-corrected chi connectivity index (χ0v) is 16.8. The minimum absolute atomic E-state index is 0.0636. The van der Waals surface area contributed by atoms with Gasteiger partial charge in [0, 0.05) is 37.2 Å². The van der Waals surface area contributed by atoms with Gasteiger partial charge in [0.25, 0.3) is 5.91 Å². The minimum atomic E-state index is -0.169. The molecule has 158 valence electrons. The molecule has 0 N–H and O–H groups in total. The van der Waals surface area contributed by atoms with Crippen molar-refractivity contribution in [1.29, 1.82) is 0 Å². The first-order chi connectivity index (χ1) is 15.2. The van der Waals surface area contributed by atoms with Crippen molar-refractivity contribution < 1.29 is 19.1 Å². The second-order valence-corrected chi connectivity index (χ2v) is 7.39. The van der Waals surface area contributed by atoms with E-state index in [2.05, 4.69) is 10.1 Å².